The second-order valence-electron chi connectivity index (χ2n) is 5.18. The smallest absolute Gasteiger partial charge is 0.274 e. The van der Waals surface area contributed by atoms with Gasteiger partial charge in [0, 0.05) is 10.4 Å². The highest BCUT2D eigenvalue weighted by Gasteiger charge is 2.24. The Morgan fingerprint density at radius 1 is 1.21 bits per heavy atom. The molecule has 2 aromatic rings. The Hall–Kier alpha value is -2.19. The SMILES string of the molecule is CC(=O)c1cccc(O[C@@H](C)C(=O)NS(=O)(=O)c2ccc(C)s2)c1. The molecule has 1 aromatic heterocycles. The molecule has 1 atom stereocenters. The molecule has 0 saturated heterocycles. The van der Waals surface area contributed by atoms with Crippen LogP contribution in [-0.2, 0) is 14.8 Å². The Bertz CT molecular complexity index is 870. The number of ether oxygens (including phenoxy) is 1. The third kappa shape index (κ3) is 4.42. The minimum absolute atomic E-state index is 0.0686. The number of Topliss-reactive ketones (excluding diaryl/α,β-unsaturated/α-hetero) is 1. The van der Waals surface area contributed by atoms with Crippen LogP contribution in [0.3, 0.4) is 0 Å². The van der Waals surface area contributed by atoms with Crippen molar-refractivity contribution >= 4 is 33.1 Å². The first kappa shape index (κ1) is 18.2. The molecule has 0 saturated carbocycles. The van der Waals surface area contributed by atoms with Gasteiger partial charge in [0.05, 0.1) is 0 Å². The van der Waals surface area contributed by atoms with E-state index in [2.05, 4.69) is 0 Å². The highest BCUT2D eigenvalue weighted by atomic mass is 32.2. The quantitative estimate of drug-likeness (QED) is 0.793. The molecule has 8 heteroatoms. The van der Waals surface area contributed by atoms with Crippen molar-refractivity contribution in [1.29, 1.82) is 0 Å². The summed E-state index contributed by atoms with van der Waals surface area (Å²) in [5.41, 5.74) is 0.446. The molecule has 0 bridgehead atoms. The number of amides is 1. The predicted octanol–water partition coefficient (Wildman–Crippen LogP) is 2.53. The van der Waals surface area contributed by atoms with Crippen LogP contribution in [0.15, 0.2) is 40.6 Å². The first-order chi connectivity index (χ1) is 11.2. The lowest BCUT2D eigenvalue weighted by molar-refractivity contribution is -0.125. The molecule has 0 aliphatic carbocycles. The molecule has 1 N–H and O–H groups in total. The zero-order valence-corrected chi connectivity index (χ0v) is 15.0. The normalized spacial score (nSPS) is 12.5. The van der Waals surface area contributed by atoms with Crippen LogP contribution in [0.1, 0.15) is 29.1 Å². The van der Waals surface area contributed by atoms with Crippen molar-refractivity contribution in [3.63, 3.8) is 0 Å². The van der Waals surface area contributed by atoms with E-state index in [1.54, 1.807) is 31.2 Å². The van der Waals surface area contributed by atoms with Crippen molar-refractivity contribution in [2.75, 3.05) is 0 Å². The molecular formula is C16H17NO5S2. The summed E-state index contributed by atoms with van der Waals surface area (Å²) in [5.74, 6) is -0.600. The molecule has 0 spiro atoms. The van der Waals surface area contributed by atoms with E-state index in [1.165, 1.54) is 26.0 Å². The summed E-state index contributed by atoms with van der Waals surface area (Å²) in [6.07, 6.45) is -1.04. The largest absolute Gasteiger partial charge is 0.481 e. The summed E-state index contributed by atoms with van der Waals surface area (Å²) in [7, 11) is -3.91. The molecule has 2 rings (SSSR count). The van der Waals surface area contributed by atoms with Gasteiger partial charge in [-0.1, -0.05) is 12.1 Å². The predicted molar refractivity (Wildman–Crippen MR) is 90.9 cm³/mol. The summed E-state index contributed by atoms with van der Waals surface area (Å²) in [6.45, 7) is 4.63. The van der Waals surface area contributed by atoms with E-state index in [-0.39, 0.29) is 9.99 Å². The molecule has 6 nitrogen and oxygen atoms in total. The highest BCUT2D eigenvalue weighted by molar-refractivity contribution is 7.92. The van der Waals surface area contributed by atoms with Gasteiger partial charge >= 0.3 is 0 Å². The molecule has 0 fully saturated rings. The molecule has 24 heavy (non-hydrogen) atoms. The van der Waals surface area contributed by atoms with Gasteiger partial charge in [-0.2, -0.15) is 0 Å². The van der Waals surface area contributed by atoms with Crippen LogP contribution < -0.4 is 9.46 Å². The minimum atomic E-state index is -3.91. The van der Waals surface area contributed by atoms with Gasteiger partial charge in [-0.25, -0.2) is 13.1 Å². The Morgan fingerprint density at radius 2 is 1.92 bits per heavy atom. The standard InChI is InChI=1S/C16H17NO5S2/c1-10-7-8-15(23-10)24(20,21)17-16(19)12(3)22-14-6-4-5-13(9-14)11(2)18/h4-9,12H,1-3H3,(H,17,19)/t12-/m0/s1. The number of thiophene rings is 1. The van der Waals surface area contributed by atoms with Crippen molar-refractivity contribution in [2.24, 2.45) is 0 Å². The monoisotopic (exact) mass is 367 g/mol. The second kappa shape index (κ2) is 7.14. The number of carbonyl (C=O) groups excluding carboxylic acids is 2. The second-order valence-corrected chi connectivity index (χ2v) is 8.38. The first-order valence-corrected chi connectivity index (χ1v) is 9.40. The molecular weight excluding hydrogens is 350 g/mol. The summed E-state index contributed by atoms with van der Waals surface area (Å²) < 4.78 is 31.8. The fraction of sp³-hybridized carbons (Fsp3) is 0.250. The molecule has 0 aliphatic heterocycles. The van der Waals surface area contributed by atoms with Crippen molar-refractivity contribution in [1.82, 2.24) is 4.72 Å². The Morgan fingerprint density at radius 3 is 2.50 bits per heavy atom. The Labute approximate surface area is 144 Å². The molecule has 1 amide bonds. The topological polar surface area (TPSA) is 89.5 Å². The van der Waals surface area contributed by atoms with Gasteiger partial charge in [-0.05, 0) is 45.0 Å². The van der Waals surface area contributed by atoms with Crippen molar-refractivity contribution in [2.45, 2.75) is 31.1 Å². The highest BCUT2D eigenvalue weighted by Crippen LogP contribution is 2.21. The van der Waals surface area contributed by atoms with Crippen LogP contribution in [-0.4, -0.2) is 26.2 Å². The Balaban J connectivity index is 2.07. The average Bonchev–Trinajstić information content (AvgIpc) is 2.94. The lowest BCUT2D eigenvalue weighted by atomic mass is 10.1. The van der Waals surface area contributed by atoms with Crippen LogP contribution >= 0.6 is 11.3 Å². The molecule has 0 radical (unpaired) electrons. The lowest BCUT2D eigenvalue weighted by Gasteiger charge is -2.14. The van der Waals surface area contributed by atoms with E-state index in [0.717, 1.165) is 16.2 Å². The van der Waals surface area contributed by atoms with E-state index in [4.69, 9.17) is 4.74 Å². The van der Waals surface area contributed by atoms with E-state index < -0.39 is 22.0 Å². The molecule has 0 aliphatic rings. The van der Waals surface area contributed by atoms with E-state index >= 15 is 0 Å². The first-order valence-electron chi connectivity index (χ1n) is 7.10. The maximum atomic E-state index is 12.1. The zero-order valence-electron chi connectivity index (χ0n) is 13.4. The summed E-state index contributed by atoms with van der Waals surface area (Å²) in [5, 5.41) is 0. The minimum Gasteiger partial charge on any atom is -0.481 e. The summed E-state index contributed by atoms with van der Waals surface area (Å²) in [4.78, 5) is 24.3. The van der Waals surface area contributed by atoms with Gasteiger partial charge < -0.3 is 4.74 Å². The maximum absolute atomic E-state index is 12.1. The molecule has 1 aromatic carbocycles. The number of nitrogens with one attached hydrogen (secondary N) is 1. The van der Waals surface area contributed by atoms with Crippen LogP contribution in [0.2, 0.25) is 0 Å². The van der Waals surface area contributed by atoms with Gasteiger partial charge in [0.2, 0.25) is 0 Å². The number of rotatable bonds is 6. The maximum Gasteiger partial charge on any atom is 0.274 e. The van der Waals surface area contributed by atoms with Crippen LogP contribution in [0, 0.1) is 6.92 Å². The molecule has 0 unspecified atom stereocenters. The number of hydrogen-bond donors (Lipinski definition) is 1. The third-order valence-corrected chi connectivity index (χ3v) is 5.98. The number of aryl methyl sites for hydroxylation is 1. The summed E-state index contributed by atoms with van der Waals surface area (Å²) >= 11 is 1.08. The van der Waals surface area contributed by atoms with Crippen LogP contribution in [0.25, 0.3) is 0 Å². The number of ketones is 1. The van der Waals surface area contributed by atoms with E-state index in [9.17, 15) is 18.0 Å². The number of sulfonamides is 1. The number of benzene rings is 1. The van der Waals surface area contributed by atoms with Crippen LogP contribution in [0.5, 0.6) is 5.75 Å². The van der Waals surface area contributed by atoms with Crippen LogP contribution in [0.4, 0.5) is 0 Å². The van der Waals surface area contributed by atoms with E-state index in [1.807, 2.05) is 4.72 Å². The van der Waals surface area contributed by atoms with Crippen molar-refractivity contribution in [3.05, 3.63) is 46.8 Å². The fourth-order valence-corrected chi connectivity index (χ4v) is 4.19. The number of hydrogen-bond acceptors (Lipinski definition) is 6. The molecule has 128 valence electrons. The molecule has 1 heterocycles. The fourth-order valence-electron chi connectivity index (χ4n) is 1.87. The van der Waals surface area contributed by atoms with Gasteiger partial charge in [-0.15, -0.1) is 11.3 Å². The summed E-state index contributed by atoms with van der Waals surface area (Å²) in [6, 6.07) is 9.45. The zero-order chi connectivity index (χ0) is 17.9. The van der Waals surface area contributed by atoms with Crippen molar-refractivity contribution in [3.8, 4) is 5.75 Å². The van der Waals surface area contributed by atoms with E-state index in [0.29, 0.717) is 11.3 Å². The van der Waals surface area contributed by atoms with Gasteiger partial charge in [0.25, 0.3) is 15.9 Å². The number of carbonyl (C=O) groups is 2. The Kier molecular flexibility index (Phi) is 5.40. The average molecular weight is 367 g/mol. The third-order valence-electron chi connectivity index (χ3n) is 3.14. The van der Waals surface area contributed by atoms with Gasteiger partial charge in [0.15, 0.2) is 11.9 Å². The lowest BCUT2D eigenvalue weighted by Crippen LogP contribution is -2.39. The van der Waals surface area contributed by atoms with Gasteiger partial charge in [-0.3, -0.25) is 9.59 Å². The van der Waals surface area contributed by atoms with Crippen molar-refractivity contribution < 1.29 is 22.7 Å². The van der Waals surface area contributed by atoms with Gasteiger partial charge in [0.1, 0.15) is 9.96 Å².